The van der Waals surface area contributed by atoms with Gasteiger partial charge in [0.05, 0.1) is 11.3 Å². The molecule has 5 heteroatoms. The maximum absolute atomic E-state index is 12.8. The number of fused-ring (bicyclic) bond motifs is 1. The number of benzene rings is 2. The van der Waals surface area contributed by atoms with Crippen molar-refractivity contribution in [3.05, 3.63) is 64.7 Å². The molecule has 0 aromatic heterocycles. The van der Waals surface area contributed by atoms with Crippen LogP contribution >= 0.6 is 0 Å². The number of carbonyl (C=O) groups excluding carboxylic acids is 3. The Morgan fingerprint density at radius 1 is 1.00 bits per heavy atom. The summed E-state index contributed by atoms with van der Waals surface area (Å²) in [6, 6.07) is 12.6. The van der Waals surface area contributed by atoms with Crippen LogP contribution in [0.15, 0.2) is 42.5 Å². The molecule has 1 amide bonds. The van der Waals surface area contributed by atoms with Crippen LogP contribution in [0.4, 0.5) is 5.69 Å². The number of rotatable bonds is 5. The summed E-state index contributed by atoms with van der Waals surface area (Å²) >= 11 is 0. The van der Waals surface area contributed by atoms with Gasteiger partial charge in [-0.05, 0) is 61.9 Å². The Labute approximate surface area is 164 Å². The van der Waals surface area contributed by atoms with Crippen molar-refractivity contribution in [2.75, 3.05) is 11.4 Å². The second kappa shape index (κ2) is 7.58. The van der Waals surface area contributed by atoms with Crippen molar-refractivity contribution in [1.29, 1.82) is 0 Å². The number of esters is 1. The van der Waals surface area contributed by atoms with Crippen LogP contribution in [0.25, 0.3) is 0 Å². The fourth-order valence-corrected chi connectivity index (χ4v) is 4.02. The van der Waals surface area contributed by atoms with Gasteiger partial charge in [-0.1, -0.05) is 24.3 Å². The molecule has 1 aliphatic carbocycles. The zero-order valence-corrected chi connectivity index (χ0v) is 15.9. The average molecular weight is 377 g/mol. The topological polar surface area (TPSA) is 63.7 Å². The van der Waals surface area contributed by atoms with E-state index in [-0.39, 0.29) is 11.7 Å². The fourth-order valence-electron chi connectivity index (χ4n) is 4.02. The van der Waals surface area contributed by atoms with E-state index in [1.54, 1.807) is 36.1 Å². The van der Waals surface area contributed by atoms with E-state index in [1.807, 2.05) is 18.2 Å². The van der Waals surface area contributed by atoms with Crippen LogP contribution in [0.5, 0.6) is 0 Å². The summed E-state index contributed by atoms with van der Waals surface area (Å²) in [4.78, 5) is 39.2. The molecule has 0 bridgehead atoms. The number of carbonyl (C=O) groups is 3. The van der Waals surface area contributed by atoms with Gasteiger partial charge in [-0.15, -0.1) is 0 Å². The Bertz CT molecular complexity index is 949. The summed E-state index contributed by atoms with van der Waals surface area (Å²) in [5.74, 6) is -0.794. The van der Waals surface area contributed by atoms with E-state index in [1.165, 1.54) is 11.1 Å². The van der Waals surface area contributed by atoms with E-state index in [0.717, 1.165) is 25.7 Å². The molecule has 1 heterocycles. The highest BCUT2D eigenvalue weighted by Crippen LogP contribution is 2.27. The van der Waals surface area contributed by atoms with E-state index in [9.17, 15) is 14.4 Å². The third-order valence-corrected chi connectivity index (χ3v) is 5.52. The van der Waals surface area contributed by atoms with E-state index in [0.29, 0.717) is 29.8 Å². The SMILES string of the molecule is C[C@@H](OC(=O)c1ccccc1N1CCCC1=O)C(=O)c1ccc2c(c1)CCC2. The van der Waals surface area contributed by atoms with Gasteiger partial charge in [-0.3, -0.25) is 9.59 Å². The molecule has 0 spiro atoms. The molecule has 0 unspecified atom stereocenters. The third-order valence-electron chi connectivity index (χ3n) is 5.52. The monoisotopic (exact) mass is 377 g/mol. The zero-order valence-electron chi connectivity index (χ0n) is 15.9. The average Bonchev–Trinajstić information content (AvgIpc) is 3.35. The Morgan fingerprint density at radius 2 is 1.79 bits per heavy atom. The summed E-state index contributed by atoms with van der Waals surface area (Å²) < 4.78 is 5.48. The molecule has 0 saturated carbocycles. The second-order valence-electron chi connectivity index (χ2n) is 7.41. The van der Waals surface area contributed by atoms with Crippen LogP contribution in [-0.2, 0) is 22.4 Å². The van der Waals surface area contributed by atoms with Gasteiger partial charge in [0.2, 0.25) is 11.7 Å². The number of ketones is 1. The summed E-state index contributed by atoms with van der Waals surface area (Å²) in [5, 5.41) is 0. The highest BCUT2D eigenvalue weighted by atomic mass is 16.5. The van der Waals surface area contributed by atoms with Gasteiger partial charge in [-0.2, -0.15) is 0 Å². The van der Waals surface area contributed by atoms with E-state index < -0.39 is 12.1 Å². The molecule has 0 N–H and O–H groups in total. The van der Waals surface area contributed by atoms with Gasteiger partial charge < -0.3 is 9.64 Å². The van der Waals surface area contributed by atoms with E-state index >= 15 is 0 Å². The first kappa shape index (κ1) is 18.4. The molecule has 144 valence electrons. The number of nitrogens with zero attached hydrogens (tertiary/aromatic N) is 1. The van der Waals surface area contributed by atoms with Gasteiger partial charge in [0.1, 0.15) is 0 Å². The predicted octanol–water partition coefficient (Wildman–Crippen LogP) is 3.73. The maximum atomic E-state index is 12.8. The largest absolute Gasteiger partial charge is 0.451 e. The Hall–Kier alpha value is -2.95. The molecule has 28 heavy (non-hydrogen) atoms. The van der Waals surface area contributed by atoms with Gasteiger partial charge in [-0.25, -0.2) is 4.79 Å². The predicted molar refractivity (Wildman–Crippen MR) is 106 cm³/mol. The molecule has 1 saturated heterocycles. The number of anilines is 1. The minimum absolute atomic E-state index is 0.00233. The molecule has 5 nitrogen and oxygen atoms in total. The van der Waals surface area contributed by atoms with Crippen LogP contribution in [0.3, 0.4) is 0 Å². The molecule has 2 aromatic carbocycles. The quantitative estimate of drug-likeness (QED) is 0.588. The third kappa shape index (κ3) is 3.44. The van der Waals surface area contributed by atoms with Crippen molar-refractivity contribution in [2.45, 2.75) is 45.1 Å². The fraction of sp³-hybridized carbons (Fsp3) is 0.348. The minimum Gasteiger partial charge on any atom is -0.451 e. The van der Waals surface area contributed by atoms with Crippen molar-refractivity contribution in [1.82, 2.24) is 0 Å². The summed E-state index contributed by atoms with van der Waals surface area (Å²) in [7, 11) is 0. The summed E-state index contributed by atoms with van der Waals surface area (Å²) in [6.07, 6.45) is 3.52. The smallest absolute Gasteiger partial charge is 0.340 e. The lowest BCUT2D eigenvalue weighted by atomic mass is 10.0. The van der Waals surface area contributed by atoms with Crippen LogP contribution in [0.2, 0.25) is 0 Å². The number of hydrogen-bond donors (Lipinski definition) is 0. The van der Waals surface area contributed by atoms with Crippen LogP contribution in [0, 0.1) is 0 Å². The van der Waals surface area contributed by atoms with E-state index in [4.69, 9.17) is 4.74 Å². The van der Waals surface area contributed by atoms with Crippen LogP contribution in [0.1, 0.15) is 58.0 Å². The van der Waals surface area contributed by atoms with Crippen molar-refractivity contribution in [3.63, 3.8) is 0 Å². The van der Waals surface area contributed by atoms with Gasteiger partial charge >= 0.3 is 5.97 Å². The van der Waals surface area contributed by atoms with Crippen LogP contribution < -0.4 is 4.90 Å². The standard InChI is InChI=1S/C23H23NO4/c1-15(22(26)18-12-11-16-6-4-7-17(16)14-18)28-23(27)19-8-2-3-9-20(19)24-13-5-10-21(24)25/h2-3,8-9,11-12,14-15H,4-7,10,13H2,1H3/t15-/m1/s1. The number of aryl methyl sites for hydroxylation is 2. The Balaban J connectivity index is 1.51. The Kier molecular flexibility index (Phi) is 4.99. The molecule has 2 aliphatic rings. The van der Waals surface area contributed by atoms with Crippen LogP contribution in [-0.4, -0.2) is 30.3 Å². The van der Waals surface area contributed by atoms with Crippen molar-refractivity contribution in [2.24, 2.45) is 0 Å². The molecular weight excluding hydrogens is 354 g/mol. The van der Waals surface area contributed by atoms with E-state index in [2.05, 4.69) is 0 Å². The van der Waals surface area contributed by atoms with Gasteiger partial charge in [0.25, 0.3) is 0 Å². The van der Waals surface area contributed by atoms with Gasteiger partial charge in [0, 0.05) is 18.5 Å². The summed E-state index contributed by atoms with van der Waals surface area (Å²) in [6.45, 7) is 2.18. The first-order chi connectivity index (χ1) is 13.5. The van der Waals surface area contributed by atoms with Crippen molar-refractivity contribution >= 4 is 23.3 Å². The number of para-hydroxylation sites is 1. The zero-order chi connectivity index (χ0) is 19.7. The lowest BCUT2D eigenvalue weighted by Crippen LogP contribution is -2.28. The number of Topliss-reactive ketones (excluding diaryl/α,β-unsaturated/α-hetero) is 1. The highest BCUT2D eigenvalue weighted by molar-refractivity contribution is 6.05. The maximum Gasteiger partial charge on any atom is 0.340 e. The first-order valence-corrected chi connectivity index (χ1v) is 9.81. The minimum atomic E-state index is -0.894. The molecule has 1 aliphatic heterocycles. The first-order valence-electron chi connectivity index (χ1n) is 9.81. The van der Waals surface area contributed by atoms with Crippen molar-refractivity contribution in [3.8, 4) is 0 Å². The lowest BCUT2D eigenvalue weighted by molar-refractivity contribution is -0.117. The number of hydrogen-bond acceptors (Lipinski definition) is 4. The molecule has 0 radical (unpaired) electrons. The van der Waals surface area contributed by atoms with Gasteiger partial charge in [0.15, 0.2) is 6.10 Å². The number of amides is 1. The lowest BCUT2D eigenvalue weighted by Gasteiger charge is -2.20. The highest BCUT2D eigenvalue weighted by Gasteiger charge is 2.28. The molecule has 2 aromatic rings. The summed E-state index contributed by atoms with van der Waals surface area (Å²) in [5.41, 5.74) is 3.94. The number of ether oxygens (including phenoxy) is 1. The second-order valence-corrected chi connectivity index (χ2v) is 7.41. The molecule has 4 rings (SSSR count). The van der Waals surface area contributed by atoms with Crippen molar-refractivity contribution < 1.29 is 19.1 Å². The molecular formula is C23H23NO4. The Morgan fingerprint density at radius 3 is 2.57 bits per heavy atom. The molecule has 1 atom stereocenters. The normalized spacial score (nSPS) is 16.8. The molecule has 1 fully saturated rings.